The number of carbonyl (C=O) groups is 1. The largest absolute Gasteiger partial charge is 0.520 e. The zero-order valence-electron chi connectivity index (χ0n) is 9.51. The molecule has 0 aromatic rings. The van der Waals surface area contributed by atoms with Gasteiger partial charge in [0, 0.05) is 13.0 Å². The summed E-state index contributed by atoms with van der Waals surface area (Å²) < 4.78 is 5.43. The van der Waals surface area contributed by atoms with Crippen molar-refractivity contribution < 1.29 is 14.3 Å². The van der Waals surface area contributed by atoms with E-state index in [0.717, 1.165) is 18.9 Å². The lowest BCUT2D eigenvalue weighted by molar-refractivity contribution is -0.135. The number of hydrogen-bond acceptors (Lipinski definition) is 3. The van der Waals surface area contributed by atoms with E-state index in [9.17, 15) is 4.79 Å². The van der Waals surface area contributed by atoms with E-state index in [1.165, 1.54) is 0 Å². The lowest BCUT2D eigenvalue weighted by Crippen LogP contribution is -2.33. The Bertz CT molecular complexity index is 169. The molecule has 14 heavy (non-hydrogen) atoms. The molecule has 0 radical (unpaired) electrons. The van der Waals surface area contributed by atoms with Crippen LogP contribution >= 0.6 is 0 Å². The summed E-state index contributed by atoms with van der Waals surface area (Å²) in [5.41, 5.74) is 0. The minimum absolute atomic E-state index is 0.0616. The van der Waals surface area contributed by atoms with Crippen molar-refractivity contribution in [3.63, 3.8) is 0 Å². The van der Waals surface area contributed by atoms with Crippen LogP contribution in [0.5, 0.6) is 0 Å². The summed E-state index contributed by atoms with van der Waals surface area (Å²) in [6.45, 7) is 6.34. The zero-order chi connectivity index (χ0) is 11.0. The summed E-state index contributed by atoms with van der Waals surface area (Å²) in [7, 11) is -1.77. The van der Waals surface area contributed by atoms with Gasteiger partial charge < -0.3 is 9.53 Å². The number of rotatable bonds is 7. The molecule has 84 valence electrons. The Balaban J connectivity index is 3.76. The first kappa shape index (κ1) is 13.6. The maximum atomic E-state index is 11.3. The summed E-state index contributed by atoms with van der Waals surface area (Å²) >= 11 is 0. The molecule has 4 heteroatoms. The molecule has 0 unspecified atom stereocenters. The number of aliphatic hydroxyl groups is 1. The van der Waals surface area contributed by atoms with Gasteiger partial charge in [-0.15, -0.1) is 0 Å². The molecule has 0 aromatic carbocycles. The molecule has 0 rings (SSSR count). The average molecular weight is 218 g/mol. The first-order chi connectivity index (χ1) is 6.52. The van der Waals surface area contributed by atoms with Crippen molar-refractivity contribution in [2.24, 2.45) is 0 Å². The van der Waals surface area contributed by atoms with Crippen LogP contribution in [0.4, 0.5) is 0 Å². The highest BCUT2D eigenvalue weighted by Crippen LogP contribution is 2.16. The first-order valence-corrected chi connectivity index (χ1v) is 8.46. The molecule has 0 amide bonds. The molecular formula is C10H22O3Si. The van der Waals surface area contributed by atoms with Crippen LogP contribution in [0.3, 0.4) is 0 Å². The topological polar surface area (TPSA) is 46.5 Å². The highest BCUT2D eigenvalue weighted by atomic mass is 28.4. The zero-order valence-corrected chi connectivity index (χ0v) is 10.5. The molecule has 1 N–H and O–H groups in total. The molecule has 0 saturated heterocycles. The fraction of sp³-hybridized carbons (Fsp3) is 0.900. The summed E-state index contributed by atoms with van der Waals surface area (Å²) in [4.78, 5) is 11.3. The Morgan fingerprint density at radius 3 is 2.50 bits per heavy atom. The predicted molar refractivity (Wildman–Crippen MR) is 59.6 cm³/mol. The van der Waals surface area contributed by atoms with Crippen molar-refractivity contribution in [1.82, 2.24) is 0 Å². The minimum atomic E-state index is -1.77. The Labute approximate surface area is 87.6 Å². The van der Waals surface area contributed by atoms with Crippen LogP contribution < -0.4 is 0 Å². The third kappa shape index (κ3) is 7.09. The molecule has 0 aromatic heterocycles. The highest BCUT2D eigenvalue weighted by Gasteiger charge is 2.25. The number of carbonyl (C=O) groups excluding carboxylic acids is 1. The molecule has 3 nitrogen and oxygen atoms in total. The number of aliphatic hydroxyl groups excluding tert-OH is 1. The van der Waals surface area contributed by atoms with E-state index in [1.807, 2.05) is 0 Å². The number of hydrogen-bond donors (Lipinski definition) is 1. The van der Waals surface area contributed by atoms with Crippen LogP contribution in [0, 0.1) is 0 Å². The molecule has 0 fully saturated rings. The molecule has 0 spiro atoms. The predicted octanol–water partition coefficient (Wildman–Crippen LogP) is 2.31. The van der Waals surface area contributed by atoms with Gasteiger partial charge in [0.15, 0.2) is 0 Å². The van der Waals surface area contributed by atoms with E-state index in [1.54, 1.807) is 0 Å². The van der Waals surface area contributed by atoms with Gasteiger partial charge in [-0.3, -0.25) is 4.79 Å². The summed E-state index contributed by atoms with van der Waals surface area (Å²) in [5.74, 6) is -0.146. The lowest BCUT2D eigenvalue weighted by atomic mass is 10.3. The molecule has 0 aliphatic carbocycles. The van der Waals surface area contributed by atoms with Gasteiger partial charge in [-0.2, -0.15) is 0 Å². The average Bonchev–Trinajstić information content (AvgIpc) is 2.11. The molecular weight excluding hydrogens is 196 g/mol. The van der Waals surface area contributed by atoms with Gasteiger partial charge in [-0.05, 0) is 25.6 Å². The normalized spacial score (nSPS) is 11.4. The van der Waals surface area contributed by atoms with Gasteiger partial charge >= 0.3 is 0 Å². The highest BCUT2D eigenvalue weighted by molar-refractivity contribution is 6.72. The fourth-order valence-electron chi connectivity index (χ4n) is 1.24. The van der Waals surface area contributed by atoms with Crippen molar-refractivity contribution >= 4 is 14.3 Å². The maximum absolute atomic E-state index is 11.3. The Hall–Kier alpha value is -0.353. The Morgan fingerprint density at radius 1 is 1.36 bits per heavy atom. The van der Waals surface area contributed by atoms with Crippen molar-refractivity contribution in [2.45, 2.75) is 51.7 Å². The van der Waals surface area contributed by atoms with Gasteiger partial charge in [0.2, 0.25) is 8.32 Å². The Kier molecular flexibility index (Phi) is 6.83. The van der Waals surface area contributed by atoms with Crippen molar-refractivity contribution in [3.05, 3.63) is 0 Å². The van der Waals surface area contributed by atoms with Gasteiger partial charge in [0.1, 0.15) is 0 Å². The van der Waals surface area contributed by atoms with Gasteiger partial charge in [0.25, 0.3) is 5.97 Å². The second kappa shape index (κ2) is 7.01. The van der Waals surface area contributed by atoms with Crippen LogP contribution in [-0.2, 0) is 9.22 Å². The number of unbranched alkanes of at least 4 members (excludes halogenated alkanes) is 1. The molecule has 0 bridgehead atoms. The summed E-state index contributed by atoms with van der Waals surface area (Å²) in [6.07, 6.45) is 3.13. The van der Waals surface area contributed by atoms with E-state index in [2.05, 4.69) is 20.0 Å². The fourth-order valence-corrected chi connectivity index (χ4v) is 3.26. The lowest BCUT2D eigenvalue weighted by Gasteiger charge is -2.22. The summed E-state index contributed by atoms with van der Waals surface area (Å²) in [5, 5.41) is 8.56. The van der Waals surface area contributed by atoms with Gasteiger partial charge in [-0.25, -0.2) is 0 Å². The molecule has 0 heterocycles. The molecule has 0 aliphatic rings. The molecule has 0 saturated carbocycles. The van der Waals surface area contributed by atoms with Crippen molar-refractivity contribution in [1.29, 1.82) is 0 Å². The quantitative estimate of drug-likeness (QED) is 0.667. The second-order valence-electron chi connectivity index (χ2n) is 4.16. The van der Waals surface area contributed by atoms with Crippen molar-refractivity contribution in [2.75, 3.05) is 6.61 Å². The van der Waals surface area contributed by atoms with E-state index in [0.29, 0.717) is 12.8 Å². The Morgan fingerprint density at radius 2 is 2.00 bits per heavy atom. The van der Waals surface area contributed by atoms with Crippen LogP contribution in [0.2, 0.25) is 19.1 Å². The van der Waals surface area contributed by atoms with E-state index < -0.39 is 8.32 Å². The molecule has 0 aliphatic heterocycles. The monoisotopic (exact) mass is 218 g/mol. The van der Waals surface area contributed by atoms with Crippen molar-refractivity contribution in [3.8, 4) is 0 Å². The van der Waals surface area contributed by atoms with Crippen LogP contribution in [0.25, 0.3) is 0 Å². The van der Waals surface area contributed by atoms with Crippen LogP contribution in [0.1, 0.15) is 32.6 Å². The standard InChI is InChI=1S/C10H22O3Si/c1-4-5-9-14(2,3)13-10(12)7-6-8-11/h11H,4-9H2,1-3H3. The van der Waals surface area contributed by atoms with E-state index in [4.69, 9.17) is 9.53 Å². The second-order valence-corrected chi connectivity index (χ2v) is 8.39. The minimum Gasteiger partial charge on any atom is -0.520 e. The smallest absolute Gasteiger partial charge is 0.292 e. The first-order valence-electron chi connectivity index (χ1n) is 5.34. The third-order valence-electron chi connectivity index (χ3n) is 2.06. The van der Waals surface area contributed by atoms with E-state index >= 15 is 0 Å². The molecule has 0 atom stereocenters. The van der Waals surface area contributed by atoms with Crippen LogP contribution in [0.15, 0.2) is 0 Å². The third-order valence-corrected chi connectivity index (χ3v) is 4.40. The van der Waals surface area contributed by atoms with E-state index in [-0.39, 0.29) is 12.6 Å². The maximum Gasteiger partial charge on any atom is 0.292 e. The SMILES string of the molecule is CCCC[Si](C)(C)OC(=O)CCCO. The van der Waals surface area contributed by atoms with Crippen LogP contribution in [-0.4, -0.2) is 26.0 Å². The van der Waals surface area contributed by atoms with Gasteiger partial charge in [0.05, 0.1) is 0 Å². The summed E-state index contributed by atoms with van der Waals surface area (Å²) in [6, 6.07) is 1.04. The van der Waals surface area contributed by atoms with Gasteiger partial charge in [-0.1, -0.05) is 19.8 Å².